The van der Waals surface area contributed by atoms with Crippen molar-refractivity contribution in [3.8, 4) is 11.5 Å². The van der Waals surface area contributed by atoms with Crippen LogP contribution in [0, 0.1) is 6.92 Å². The number of carbonyl (C=O) groups is 1. The lowest BCUT2D eigenvalue weighted by Crippen LogP contribution is -2.44. The highest BCUT2D eigenvalue weighted by Crippen LogP contribution is 2.31. The van der Waals surface area contributed by atoms with Crippen molar-refractivity contribution < 1.29 is 14.3 Å². The van der Waals surface area contributed by atoms with Crippen LogP contribution in [0.15, 0.2) is 59.8 Å². The number of ether oxygens (including phenoxy) is 2. The number of likely N-dealkylation sites (N-methyl/N-ethyl adjacent to an activating group) is 1. The molecule has 3 aromatic rings. The molecular weight excluding hydrogens is 412 g/mol. The first-order chi connectivity index (χ1) is 15.1. The summed E-state index contributed by atoms with van der Waals surface area (Å²) in [6.45, 7) is 6.11. The van der Waals surface area contributed by atoms with Crippen molar-refractivity contribution in [2.45, 2.75) is 31.7 Å². The Labute approximate surface area is 186 Å². The standard InChI is InChI=1S/C23H26N4O3S/c1-3-26(14-19-15-29-20-11-7-8-12-21(20)30-19)22(28)16-31-23-25-24-17(2)27(23)13-18-9-5-4-6-10-18/h4-12,19H,3,13-16H2,1-2H3. The Kier molecular flexibility index (Phi) is 6.76. The highest BCUT2D eigenvalue weighted by atomic mass is 32.2. The SMILES string of the molecule is CCN(CC1COc2ccccc2O1)C(=O)CSc1nnc(C)n1Cc1ccccc1. The van der Waals surface area contributed by atoms with E-state index in [2.05, 4.69) is 22.3 Å². The van der Waals surface area contributed by atoms with E-state index >= 15 is 0 Å². The number of para-hydroxylation sites is 2. The van der Waals surface area contributed by atoms with E-state index in [1.807, 2.05) is 60.9 Å². The molecule has 162 valence electrons. The lowest BCUT2D eigenvalue weighted by atomic mass is 10.2. The first kappa shape index (κ1) is 21.2. The van der Waals surface area contributed by atoms with E-state index in [4.69, 9.17) is 9.47 Å². The van der Waals surface area contributed by atoms with Gasteiger partial charge in [0.1, 0.15) is 12.4 Å². The molecule has 0 fully saturated rings. The average molecular weight is 439 g/mol. The molecule has 0 bridgehead atoms. The number of nitrogens with zero attached hydrogens (tertiary/aromatic N) is 4. The van der Waals surface area contributed by atoms with Gasteiger partial charge in [0.25, 0.3) is 0 Å². The summed E-state index contributed by atoms with van der Waals surface area (Å²) >= 11 is 1.42. The Morgan fingerprint density at radius 3 is 2.65 bits per heavy atom. The summed E-state index contributed by atoms with van der Waals surface area (Å²) in [5.41, 5.74) is 1.17. The van der Waals surface area contributed by atoms with Crippen LogP contribution in [0.25, 0.3) is 0 Å². The molecule has 1 unspecified atom stereocenters. The highest BCUT2D eigenvalue weighted by Gasteiger charge is 2.25. The Bertz CT molecular complexity index is 1020. The predicted octanol–water partition coefficient (Wildman–Crippen LogP) is 3.42. The van der Waals surface area contributed by atoms with Crippen molar-refractivity contribution in [3.05, 3.63) is 66.0 Å². The van der Waals surface area contributed by atoms with E-state index in [1.165, 1.54) is 17.3 Å². The number of amides is 1. The Balaban J connectivity index is 1.35. The number of fused-ring (bicyclic) bond motifs is 1. The molecule has 0 N–H and O–H groups in total. The van der Waals surface area contributed by atoms with E-state index in [9.17, 15) is 4.79 Å². The van der Waals surface area contributed by atoms with Crippen LogP contribution in [0.5, 0.6) is 11.5 Å². The van der Waals surface area contributed by atoms with E-state index in [0.717, 1.165) is 22.5 Å². The third-order valence-electron chi connectivity index (χ3n) is 5.14. The van der Waals surface area contributed by atoms with Gasteiger partial charge in [-0.1, -0.05) is 54.2 Å². The van der Waals surface area contributed by atoms with E-state index in [1.54, 1.807) is 4.90 Å². The van der Waals surface area contributed by atoms with Gasteiger partial charge in [0.2, 0.25) is 5.91 Å². The Morgan fingerprint density at radius 2 is 1.87 bits per heavy atom. The van der Waals surface area contributed by atoms with Crippen LogP contribution in [0.1, 0.15) is 18.3 Å². The fourth-order valence-corrected chi connectivity index (χ4v) is 4.33. The quantitative estimate of drug-likeness (QED) is 0.502. The summed E-state index contributed by atoms with van der Waals surface area (Å²) < 4.78 is 13.8. The van der Waals surface area contributed by atoms with Crippen molar-refractivity contribution in [1.82, 2.24) is 19.7 Å². The van der Waals surface area contributed by atoms with E-state index < -0.39 is 0 Å². The molecule has 4 rings (SSSR count). The van der Waals surface area contributed by atoms with Crippen molar-refractivity contribution in [1.29, 1.82) is 0 Å². The van der Waals surface area contributed by atoms with Crippen LogP contribution in [0.2, 0.25) is 0 Å². The molecule has 1 aliphatic heterocycles. The number of aryl methyl sites for hydroxylation is 1. The number of aromatic nitrogens is 3. The first-order valence-electron chi connectivity index (χ1n) is 10.4. The van der Waals surface area contributed by atoms with Crippen LogP contribution in [0.3, 0.4) is 0 Å². The van der Waals surface area contributed by atoms with Gasteiger partial charge in [-0.2, -0.15) is 0 Å². The normalized spacial score (nSPS) is 15.0. The van der Waals surface area contributed by atoms with Crippen LogP contribution in [0.4, 0.5) is 0 Å². The molecule has 0 radical (unpaired) electrons. The molecule has 0 aliphatic carbocycles. The zero-order chi connectivity index (χ0) is 21.6. The van der Waals surface area contributed by atoms with Crippen LogP contribution in [-0.2, 0) is 11.3 Å². The summed E-state index contributed by atoms with van der Waals surface area (Å²) in [4.78, 5) is 14.7. The fourth-order valence-electron chi connectivity index (χ4n) is 3.44. The maximum absolute atomic E-state index is 12.9. The number of carbonyl (C=O) groups excluding carboxylic acids is 1. The van der Waals surface area contributed by atoms with Gasteiger partial charge in [-0.25, -0.2) is 0 Å². The molecule has 0 saturated heterocycles. The molecule has 1 aliphatic rings. The van der Waals surface area contributed by atoms with Gasteiger partial charge in [-0.3, -0.25) is 4.79 Å². The second-order valence-electron chi connectivity index (χ2n) is 7.32. The van der Waals surface area contributed by atoms with Gasteiger partial charge in [0.15, 0.2) is 22.8 Å². The monoisotopic (exact) mass is 438 g/mol. The zero-order valence-electron chi connectivity index (χ0n) is 17.7. The minimum absolute atomic E-state index is 0.0434. The maximum atomic E-state index is 12.9. The molecular formula is C23H26N4O3S. The zero-order valence-corrected chi connectivity index (χ0v) is 18.5. The van der Waals surface area contributed by atoms with Crippen molar-refractivity contribution in [2.75, 3.05) is 25.4 Å². The maximum Gasteiger partial charge on any atom is 0.233 e. The summed E-state index contributed by atoms with van der Waals surface area (Å²) in [5.74, 6) is 2.64. The van der Waals surface area contributed by atoms with Gasteiger partial charge >= 0.3 is 0 Å². The highest BCUT2D eigenvalue weighted by molar-refractivity contribution is 7.99. The minimum Gasteiger partial charge on any atom is -0.486 e. The molecule has 2 aromatic carbocycles. The molecule has 1 aromatic heterocycles. The van der Waals surface area contributed by atoms with Gasteiger partial charge < -0.3 is 18.9 Å². The van der Waals surface area contributed by atoms with Crippen LogP contribution < -0.4 is 9.47 Å². The molecule has 2 heterocycles. The smallest absolute Gasteiger partial charge is 0.233 e. The summed E-state index contributed by atoms with van der Waals surface area (Å²) in [5, 5.41) is 9.22. The Morgan fingerprint density at radius 1 is 1.13 bits per heavy atom. The summed E-state index contributed by atoms with van der Waals surface area (Å²) in [6, 6.07) is 17.8. The van der Waals surface area contributed by atoms with Crippen LogP contribution in [-0.4, -0.2) is 57.1 Å². The lowest BCUT2D eigenvalue weighted by Gasteiger charge is -2.30. The summed E-state index contributed by atoms with van der Waals surface area (Å²) in [6.07, 6.45) is -0.187. The molecule has 1 atom stereocenters. The number of thioether (sulfide) groups is 1. The second kappa shape index (κ2) is 9.87. The largest absolute Gasteiger partial charge is 0.486 e. The number of rotatable bonds is 8. The number of benzene rings is 2. The van der Waals surface area contributed by atoms with Crippen molar-refractivity contribution in [3.63, 3.8) is 0 Å². The number of hydrogen-bond acceptors (Lipinski definition) is 6. The van der Waals surface area contributed by atoms with Crippen molar-refractivity contribution in [2.24, 2.45) is 0 Å². The second-order valence-corrected chi connectivity index (χ2v) is 8.26. The Hall–Kier alpha value is -3.00. The van der Waals surface area contributed by atoms with Gasteiger partial charge in [0.05, 0.1) is 18.8 Å². The van der Waals surface area contributed by atoms with Gasteiger partial charge in [-0.15, -0.1) is 10.2 Å². The third-order valence-corrected chi connectivity index (χ3v) is 6.09. The topological polar surface area (TPSA) is 69.5 Å². The average Bonchev–Trinajstić information content (AvgIpc) is 3.15. The van der Waals surface area contributed by atoms with Gasteiger partial charge in [0, 0.05) is 6.54 Å². The van der Waals surface area contributed by atoms with E-state index in [-0.39, 0.29) is 12.0 Å². The molecule has 1 amide bonds. The lowest BCUT2D eigenvalue weighted by molar-refractivity contribution is -0.129. The molecule has 8 heteroatoms. The summed E-state index contributed by atoms with van der Waals surface area (Å²) in [7, 11) is 0. The minimum atomic E-state index is -0.187. The predicted molar refractivity (Wildman–Crippen MR) is 120 cm³/mol. The molecule has 31 heavy (non-hydrogen) atoms. The van der Waals surface area contributed by atoms with Gasteiger partial charge in [-0.05, 0) is 31.5 Å². The first-order valence-corrected chi connectivity index (χ1v) is 11.4. The van der Waals surface area contributed by atoms with Crippen LogP contribution >= 0.6 is 11.8 Å². The molecule has 0 saturated carbocycles. The third kappa shape index (κ3) is 5.19. The number of hydrogen-bond donors (Lipinski definition) is 0. The molecule has 0 spiro atoms. The van der Waals surface area contributed by atoms with Crippen molar-refractivity contribution >= 4 is 17.7 Å². The van der Waals surface area contributed by atoms with E-state index in [0.29, 0.717) is 32.0 Å². The fraction of sp³-hybridized carbons (Fsp3) is 0.348. The molecule has 7 nitrogen and oxygen atoms in total.